The Hall–Kier alpha value is -1.81. The zero-order valence-electron chi connectivity index (χ0n) is 17.2. The van der Waals surface area contributed by atoms with Gasteiger partial charge in [0, 0.05) is 6.42 Å². The molecule has 0 N–H and O–H groups in total. The third-order valence-corrected chi connectivity index (χ3v) is 4.00. The summed E-state index contributed by atoms with van der Waals surface area (Å²) in [4.78, 5) is 10.2. The first-order valence-corrected chi connectivity index (χ1v) is 11.9. The fourth-order valence-corrected chi connectivity index (χ4v) is 3.11. The maximum Gasteiger partial charge on any atom is 2.00 e. The predicted molar refractivity (Wildman–Crippen MR) is 105 cm³/mol. The minimum absolute atomic E-state index is 0. The zero-order valence-corrected chi connectivity index (χ0v) is 19.3. The minimum Gasteiger partial charge on any atom is 2.00 e. The predicted octanol–water partition coefficient (Wildman–Crippen LogP) is 4.49. The molecular formula is C21H27FeO6Si+. The number of ether oxygens (including phenoxy) is 1. The van der Waals surface area contributed by atoms with Gasteiger partial charge in [0.1, 0.15) is 0 Å². The average molecular weight is 459 g/mol. The third-order valence-electron chi connectivity index (χ3n) is 3.13. The van der Waals surface area contributed by atoms with Crippen molar-refractivity contribution in [1.82, 2.24) is 0 Å². The van der Waals surface area contributed by atoms with E-state index in [1.54, 1.807) is 0 Å². The van der Waals surface area contributed by atoms with Gasteiger partial charge in [0.05, 0.1) is 11.9 Å². The van der Waals surface area contributed by atoms with E-state index < -0.39 is 8.32 Å². The summed E-state index contributed by atoms with van der Waals surface area (Å²) in [5, 5.41) is 0. The van der Waals surface area contributed by atoms with E-state index in [1.165, 1.54) is 12.0 Å². The second-order valence-corrected chi connectivity index (χ2v) is 10.9. The van der Waals surface area contributed by atoms with E-state index in [9.17, 15) is 4.79 Å². The van der Waals surface area contributed by atoms with E-state index in [4.69, 9.17) is 23.1 Å². The van der Waals surface area contributed by atoms with Crippen LogP contribution in [0.2, 0.25) is 19.6 Å². The molecule has 0 aliphatic heterocycles. The molecule has 0 amide bonds. The van der Waals surface area contributed by atoms with Crippen LogP contribution in [0.5, 0.6) is 0 Å². The molecular weight excluding hydrogens is 432 g/mol. The molecule has 0 radical (unpaired) electrons. The Morgan fingerprint density at radius 2 is 1.62 bits per heavy atom. The van der Waals surface area contributed by atoms with Crippen LogP contribution in [0.25, 0.3) is 0 Å². The summed E-state index contributed by atoms with van der Waals surface area (Å²) in [6, 6.07) is 10.4. The van der Waals surface area contributed by atoms with Gasteiger partial charge in [-0.05, 0) is 57.5 Å². The van der Waals surface area contributed by atoms with Crippen molar-refractivity contribution in [3.8, 4) is 0 Å². The Balaban J connectivity index is -0.000000407. The SMILES string of the molecule is CC(CCC/C(=C\Cc1ccccc1)O[Si](C)(C)C)O[C-]=O.[C-]#[O+].[C-]#[O+].[C-]#[O+].[Fe+2]. The van der Waals surface area contributed by atoms with Crippen LogP contribution in [0.1, 0.15) is 31.7 Å². The summed E-state index contributed by atoms with van der Waals surface area (Å²) in [6.07, 6.45) is 5.63. The molecule has 0 bridgehead atoms. The van der Waals surface area contributed by atoms with Crippen molar-refractivity contribution in [1.29, 1.82) is 0 Å². The first kappa shape index (κ1) is 34.7. The van der Waals surface area contributed by atoms with Gasteiger partial charge in [0.15, 0.2) is 0 Å². The molecule has 0 spiro atoms. The molecule has 1 aromatic carbocycles. The molecule has 0 heterocycles. The Morgan fingerprint density at radius 1 is 1.10 bits per heavy atom. The maximum atomic E-state index is 10.2. The third kappa shape index (κ3) is 24.1. The van der Waals surface area contributed by atoms with Crippen molar-refractivity contribution >= 4 is 14.8 Å². The van der Waals surface area contributed by atoms with Gasteiger partial charge in [-0.25, -0.2) is 0 Å². The Kier molecular flexibility index (Phi) is 29.0. The summed E-state index contributed by atoms with van der Waals surface area (Å²) in [6.45, 7) is 23.5. The number of hydrogen-bond acceptors (Lipinski definition) is 3. The molecule has 8 heteroatoms. The van der Waals surface area contributed by atoms with Crippen LogP contribution >= 0.6 is 0 Å². The van der Waals surface area contributed by atoms with Gasteiger partial charge in [-0.15, -0.1) is 0 Å². The number of rotatable bonds is 10. The summed E-state index contributed by atoms with van der Waals surface area (Å²) in [5.74, 6) is 1.06. The molecule has 6 nitrogen and oxygen atoms in total. The molecule has 0 aromatic heterocycles. The first-order chi connectivity index (χ1) is 13.4. The molecule has 1 aromatic rings. The van der Waals surface area contributed by atoms with Crippen molar-refractivity contribution in [3.63, 3.8) is 0 Å². The normalized spacial score (nSPS) is 10.5. The Morgan fingerprint density at radius 3 is 2.07 bits per heavy atom. The number of benzene rings is 1. The zero-order chi connectivity index (χ0) is 22.4. The Labute approximate surface area is 185 Å². The van der Waals surface area contributed by atoms with E-state index in [2.05, 4.69) is 69.9 Å². The first-order valence-electron chi connectivity index (χ1n) is 8.46. The van der Waals surface area contributed by atoms with Crippen LogP contribution < -0.4 is 0 Å². The van der Waals surface area contributed by atoms with Crippen molar-refractivity contribution < 1.29 is 45.0 Å². The van der Waals surface area contributed by atoms with E-state index in [0.717, 1.165) is 31.4 Å². The number of carbonyl (C=O) groups excluding carboxylic acids is 1. The Bertz CT molecular complexity index is 576. The van der Waals surface area contributed by atoms with Crippen molar-refractivity contribution in [2.45, 2.75) is 58.4 Å². The van der Waals surface area contributed by atoms with Crippen molar-refractivity contribution in [3.05, 3.63) is 67.7 Å². The molecule has 158 valence electrons. The van der Waals surface area contributed by atoms with Crippen molar-refractivity contribution in [2.24, 2.45) is 0 Å². The second-order valence-electron chi connectivity index (χ2n) is 6.48. The molecule has 29 heavy (non-hydrogen) atoms. The van der Waals surface area contributed by atoms with Crippen LogP contribution in [-0.4, -0.2) is 20.9 Å². The van der Waals surface area contributed by atoms with Crippen LogP contribution in [0.15, 0.2) is 42.2 Å². The van der Waals surface area contributed by atoms with E-state index in [-0.39, 0.29) is 23.2 Å². The van der Waals surface area contributed by atoms with Crippen LogP contribution in [-0.2, 0) is 51.4 Å². The van der Waals surface area contributed by atoms with Crippen molar-refractivity contribution in [2.75, 3.05) is 0 Å². The fourth-order valence-electron chi connectivity index (χ4n) is 2.14. The molecule has 1 atom stereocenters. The van der Waals surface area contributed by atoms with Gasteiger partial charge in [0.2, 0.25) is 8.32 Å². The maximum absolute atomic E-state index is 10.2. The molecule has 0 aliphatic rings. The average Bonchev–Trinajstić information content (AvgIpc) is 2.70. The smallest absolute Gasteiger partial charge is 2.00 e. The van der Waals surface area contributed by atoms with Gasteiger partial charge < -0.3 is 14.0 Å². The van der Waals surface area contributed by atoms with Gasteiger partial charge in [-0.3, -0.25) is 0 Å². The minimum atomic E-state index is -1.61. The van der Waals surface area contributed by atoms with Crippen LogP contribution in [0.4, 0.5) is 0 Å². The second kappa shape index (κ2) is 24.2. The van der Waals surface area contributed by atoms with Gasteiger partial charge in [0.25, 0.3) is 0 Å². The van der Waals surface area contributed by atoms with Gasteiger partial charge in [-0.1, -0.05) is 36.8 Å². The molecule has 0 saturated carbocycles. The summed E-state index contributed by atoms with van der Waals surface area (Å²) < 4.78 is 33.5. The molecule has 1 rings (SSSR count). The largest absolute Gasteiger partial charge is 2.00 e. The monoisotopic (exact) mass is 459 g/mol. The number of allylic oxidation sites excluding steroid dienone is 2. The molecule has 1 unspecified atom stereocenters. The van der Waals surface area contributed by atoms with Gasteiger partial charge >= 0.3 is 51.0 Å². The summed E-state index contributed by atoms with van der Waals surface area (Å²) in [7, 11) is -1.61. The molecule has 0 saturated heterocycles. The topological polar surface area (TPSA) is 95.2 Å². The molecule has 0 aliphatic carbocycles. The van der Waals surface area contributed by atoms with E-state index >= 15 is 0 Å². The standard InChI is InChI=1S/C18H27O3Si.3CO.Fe/c1-16(20-15-19)9-8-12-18(21-22(2,3)4)14-13-17-10-6-5-7-11-17;3*1-2;/h5-7,10-11,14,16H,8-9,12-13H2,1-4H3;;;;/q-1;;;;+2/b18-14+;;;;. The molecule has 0 fully saturated rings. The summed E-state index contributed by atoms with van der Waals surface area (Å²) in [5.41, 5.74) is 1.28. The van der Waals surface area contributed by atoms with Gasteiger partial charge in [-0.2, -0.15) is 0 Å². The fraction of sp³-hybridized carbons (Fsp3) is 0.429. The van der Waals surface area contributed by atoms with E-state index in [1.807, 2.05) is 13.0 Å². The van der Waals surface area contributed by atoms with Crippen LogP contribution in [0.3, 0.4) is 0 Å². The summed E-state index contributed by atoms with van der Waals surface area (Å²) >= 11 is 0. The number of hydrogen-bond donors (Lipinski definition) is 0. The van der Waals surface area contributed by atoms with E-state index in [0.29, 0.717) is 0 Å². The van der Waals surface area contributed by atoms with Crippen LogP contribution in [0, 0.1) is 20.0 Å². The quantitative estimate of drug-likeness (QED) is 0.223.